The lowest BCUT2D eigenvalue weighted by Gasteiger charge is -2.02. The van der Waals surface area contributed by atoms with Crippen LogP contribution in [0, 0.1) is 0 Å². The van der Waals surface area contributed by atoms with Crippen LogP contribution in [0.15, 0.2) is 30.4 Å². The summed E-state index contributed by atoms with van der Waals surface area (Å²) in [7, 11) is 0. The number of benzene rings is 1. The van der Waals surface area contributed by atoms with Gasteiger partial charge in [0.25, 0.3) is 0 Å². The molecule has 1 aromatic carbocycles. The van der Waals surface area contributed by atoms with Gasteiger partial charge in [0.05, 0.1) is 16.7 Å². The van der Waals surface area contributed by atoms with E-state index in [2.05, 4.69) is 11.3 Å². The molecule has 0 unspecified atom stereocenters. The molecule has 0 aliphatic heterocycles. The van der Waals surface area contributed by atoms with Gasteiger partial charge in [-0.2, -0.15) is 0 Å². The van der Waals surface area contributed by atoms with Crippen molar-refractivity contribution in [2.75, 3.05) is 13.2 Å². The zero-order valence-corrected chi connectivity index (χ0v) is 16.0. The summed E-state index contributed by atoms with van der Waals surface area (Å²) in [5.74, 6) is -5.39. The second kappa shape index (κ2) is 12.8. The van der Waals surface area contributed by atoms with E-state index < -0.39 is 41.0 Å². The van der Waals surface area contributed by atoms with E-state index in [-0.39, 0.29) is 17.6 Å². The van der Waals surface area contributed by atoms with E-state index in [0.717, 1.165) is 18.2 Å². The van der Waals surface area contributed by atoms with Gasteiger partial charge in [0, 0.05) is 25.2 Å². The van der Waals surface area contributed by atoms with Gasteiger partial charge >= 0.3 is 29.8 Å². The van der Waals surface area contributed by atoms with Crippen LogP contribution in [-0.4, -0.2) is 58.4 Å². The molecule has 10 nitrogen and oxygen atoms in total. The van der Waals surface area contributed by atoms with Crippen LogP contribution < -0.4 is 0 Å². The normalized spacial score (nSPS) is 9.59. The summed E-state index contributed by atoms with van der Waals surface area (Å²) in [5, 5.41) is 25.9. The first-order valence-corrected chi connectivity index (χ1v) is 8.33. The van der Waals surface area contributed by atoms with E-state index in [4.69, 9.17) is 20.1 Å². The smallest absolute Gasteiger partial charge is 0.340 e. The molecule has 0 spiro atoms. The minimum atomic E-state index is -1.48. The third-order valence-corrected chi connectivity index (χ3v) is 3.16. The topological polar surface area (TPSA) is 165 Å². The maximum atomic E-state index is 11.0. The summed E-state index contributed by atoms with van der Waals surface area (Å²) < 4.78 is 9.49. The Morgan fingerprint density at radius 1 is 0.966 bits per heavy atom. The van der Waals surface area contributed by atoms with Crippen molar-refractivity contribution in [1.29, 1.82) is 0 Å². The first kappa shape index (κ1) is 25.5. The summed E-state index contributed by atoms with van der Waals surface area (Å²) in [6.45, 7) is 7.87. The number of rotatable bonds is 9. The van der Waals surface area contributed by atoms with E-state index >= 15 is 0 Å². The second-order valence-electron chi connectivity index (χ2n) is 5.52. The van der Waals surface area contributed by atoms with Crippen LogP contribution >= 0.6 is 0 Å². The molecule has 1 aromatic rings. The summed E-state index contributed by atoms with van der Waals surface area (Å²) in [6.07, 6.45) is 0.759. The van der Waals surface area contributed by atoms with Crippen LogP contribution in [-0.2, 0) is 19.1 Å². The van der Waals surface area contributed by atoms with E-state index in [0.29, 0.717) is 19.6 Å². The molecular weight excluding hydrogens is 388 g/mol. The molecule has 3 N–H and O–H groups in total. The Bertz CT molecular complexity index is 794. The van der Waals surface area contributed by atoms with Crippen molar-refractivity contribution in [3.63, 3.8) is 0 Å². The monoisotopic (exact) mass is 410 g/mol. The molecule has 0 aliphatic rings. The molecule has 1 rings (SSSR count). The highest BCUT2D eigenvalue weighted by Crippen LogP contribution is 2.12. The SMILES string of the molecule is C=C(C)C(=O)OC(=O)CCCOCC.O=C(O)c1ccc(C(=O)O)c(C(=O)O)c1. The molecule has 0 bridgehead atoms. The first-order chi connectivity index (χ1) is 13.5. The number of aromatic carboxylic acids is 3. The lowest BCUT2D eigenvalue weighted by Crippen LogP contribution is -2.13. The van der Waals surface area contributed by atoms with Gasteiger partial charge in [-0.1, -0.05) is 6.58 Å². The largest absolute Gasteiger partial charge is 0.478 e. The molecule has 0 atom stereocenters. The number of ether oxygens (including phenoxy) is 2. The minimum absolute atomic E-state index is 0.193. The minimum Gasteiger partial charge on any atom is -0.478 e. The van der Waals surface area contributed by atoms with Crippen molar-refractivity contribution < 1.29 is 48.8 Å². The zero-order chi connectivity index (χ0) is 22.6. The number of esters is 2. The van der Waals surface area contributed by atoms with Gasteiger partial charge in [-0.05, 0) is 38.5 Å². The molecular formula is C19H22O10. The Kier molecular flexibility index (Phi) is 11.2. The Balaban J connectivity index is 0.000000543. The number of carboxylic acid groups (broad SMARTS) is 3. The molecule has 10 heteroatoms. The van der Waals surface area contributed by atoms with Crippen LogP contribution in [0.1, 0.15) is 57.8 Å². The van der Waals surface area contributed by atoms with Crippen molar-refractivity contribution >= 4 is 29.8 Å². The highest BCUT2D eigenvalue weighted by Gasteiger charge is 2.18. The highest BCUT2D eigenvalue weighted by molar-refractivity contribution is 6.03. The van der Waals surface area contributed by atoms with Crippen LogP contribution in [0.4, 0.5) is 0 Å². The Hall–Kier alpha value is -3.53. The third kappa shape index (κ3) is 9.82. The maximum Gasteiger partial charge on any atom is 0.340 e. The Morgan fingerprint density at radius 3 is 2.00 bits per heavy atom. The molecule has 0 fully saturated rings. The lowest BCUT2D eigenvalue weighted by atomic mass is 10.0. The van der Waals surface area contributed by atoms with Crippen LogP contribution in [0.5, 0.6) is 0 Å². The molecule has 0 aliphatic carbocycles. The Morgan fingerprint density at radius 2 is 1.55 bits per heavy atom. The zero-order valence-electron chi connectivity index (χ0n) is 16.0. The van der Waals surface area contributed by atoms with E-state index in [9.17, 15) is 24.0 Å². The fourth-order valence-corrected chi connectivity index (χ4v) is 1.75. The van der Waals surface area contributed by atoms with Gasteiger partial charge in [0.15, 0.2) is 0 Å². The molecule has 0 saturated carbocycles. The van der Waals surface area contributed by atoms with Crippen LogP contribution in [0.25, 0.3) is 0 Å². The lowest BCUT2D eigenvalue weighted by molar-refractivity contribution is -0.157. The van der Waals surface area contributed by atoms with Gasteiger partial charge in [-0.3, -0.25) is 4.79 Å². The number of hydrogen-bond acceptors (Lipinski definition) is 7. The molecule has 0 heterocycles. The second-order valence-corrected chi connectivity index (χ2v) is 5.52. The van der Waals surface area contributed by atoms with Crippen molar-refractivity contribution in [3.05, 3.63) is 47.0 Å². The standard InChI is InChI=1S/C10H16O4.C9H6O6/c1-4-13-7-5-6-9(11)14-10(12)8(2)3;10-7(11)4-1-2-5(8(12)13)6(3-4)9(14)15/h2,4-7H2,1,3H3;1-3H,(H,10,11)(H,12,13)(H,14,15). The summed E-state index contributed by atoms with van der Waals surface area (Å²) in [6, 6.07) is 2.81. The fraction of sp³-hybridized carbons (Fsp3) is 0.316. The van der Waals surface area contributed by atoms with E-state index in [1.165, 1.54) is 6.92 Å². The van der Waals surface area contributed by atoms with Crippen LogP contribution in [0.2, 0.25) is 0 Å². The summed E-state index contributed by atoms with van der Waals surface area (Å²) >= 11 is 0. The number of carbonyl (C=O) groups excluding carboxylic acids is 2. The Labute approximate surface area is 166 Å². The quantitative estimate of drug-likeness (QED) is 0.238. The number of hydrogen-bond donors (Lipinski definition) is 3. The third-order valence-electron chi connectivity index (χ3n) is 3.16. The van der Waals surface area contributed by atoms with Gasteiger partial charge < -0.3 is 24.8 Å². The summed E-state index contributed by atoms with van der Waals surface area (Å²) in [5.41, 5.74) is -1.02. The average molecular weight is 410 g/mol. The summed E-state index contributed by atoms with van der Waals surface area (Å²) in [4.78, 5) is 53.6. The molecule has 0 amide bonds. The molecule has 158 valence electrons. The van der Waals surface area contributed by atoms with Crippen molar-refractivity contribution in [2.24, 2.45) is 0 Å². The predicted octanol–water partition coefficient (Wildman–Crippen LogP) is 2.23. The number of carbonyl (C=O) groups is 5. The van der Waals surface area contributed by atoms with E-state index in [1.54, 1.807) is 0 Å². The molecule has 0 radical (unpaired) electrons. The van der Waals surface area contributed by atoms with Gasteiger partial charge in [-0.15, -0.1) is 0 Å². The van der Waals surface area contributed by atoms with Gasteiger partial charge in [0.1, 0.15) is 0 Å². The van der Waals surface area contributed by atoms with Crippen molar-refractivity contribution in [2.45, 2.75) is 26.7 Å². The predicted molar refractivity (Wildman–Crippen MR) is 99.0 cm³/mol. The maximum absolute atomic E-state index is 11.0. The molecule has 29 heavy (non-hydrogen) atoms. The molecule has 0 saturated heterocycles. The first-order valence-electron chi connectivity index (χ1n) is 8.33. The van der Waals surface area contributed by atoms with Gasteiger partial charge in [-0.25, -0.2) is 19.2 Å². The number of carboxylic acids is 3. The fourth-order valence-electron chi connectivity index (χ4n) is 1.75. The average Bonchev–Trinajstić information content (AvgIpc) is 2.64. The van der Waals surface area contributed by atoms with Gasteiger partial charge in [0.2, 0.25) is 0 Å². The highest BCUT2D eigenvalue weighted by atomic mass is 16.6. The van der Waals surface area contributed by atoms with Crippen molar-refractivity contribution in [3.8, 4) is 0 Å². The van der Waals surface area contributed by atoms with Crippen molar-refractivity contribution in [1.82, 2.24) is 0 Å². The molecule has 0 aromatic heterocycles. The van der Waals surface area contributed by atoms with Crippen LogP contribution in [0.3, 0.4) is 0 Å². The van der Waals surface area contributed by atoms with E-state index in [1.807, 2.05) is 6.92 Å².